The van der Waals surface area contributed by atoms with Crippen LogP contribution in [-0.2, 0) is 9.47 Å². The predicted octanol–water partition coefficient (Wildman–Crippen LogP) is 2.79. The number of aromatic nitrogens is 2. The first-order chi connectivity index (χ1) is 19.5. The lowest BCUT2D eigenvalue weighted by Gasteiger charge is -2.44. The number of nitrogens with zero attached hydrogens (tertiary/aromatic N) is 4. The second kappa shape index (κ2) is 11.4. The number of ketones is 1. The van der Waals surface area contributed by atoms with E-state index >= 15 is 0 Å². The number of rotatable bonds is 5. The van der Waals surface area contributed by atoms with Crippen molar-refractivity contribution in [1.29, 1.82) is 0 Å². The van der Waals surface area contributed by atoms with E-state index in [9.17, 15) is 9.59 Å². The Morgan fingerprint density at radius 1 is 1.10 bits per heavy atom. The van der Waals surface area contributed by atoms with Crippen LogP contribution in [0.15, 0.2) is 30.6 Å². The highest BCUT2D eigenvalue weighted by Crippen LogP contribution is 2.40. The number of piperidine rings is 2. The summed E-state index contributed by atoms with van der Waals surface area (Å²) in [6, 6.07) is 8.14. The lowest BCUT2D eigenvalue weighted by molar-refractivity contribution is -0.0533. The second-order valence-electron chi connectivity index (χ2n) is 11.5. The van der Waals surface area contributed by atoms with Gasteiger partial charge in [-0.15, -0.1) is 0 Å². The van der Waals surface area contributed by atoms with Crippen LogP contribution in [0.1, 0.15) is 64.9 Å². The molecule has 6 rings (SSSR count). The third-order valence-corrected chi connectivity index (χ3v) is 9.07. The van der Waals surface area contributed by atoms with Gasteiger partial charge in [0.25, 0.3) is 5.91 Å². The van der Waals surface area contributed by atoms with Crippen molar-refractivity contribution >= 4 is 17.5 Å². The van der Waals surface area contributed by atoms with Crippen molar-refractivity contribution in [3.63, 3.8) is 0 Å². The molecule has 10 nitrogen and oxygen atoms in total. The maximum Gasteiger partial charge on any atom is 0.272 e. The summed E-state index contributed by atoms with van der Waals surface area (Å²) in [5.41, 5.74) is 1.47. The fourth-order valence-electron chi connectivity index (χ4n) is 6.66. The Bertz CT molecular complexity index is 1240. The summed E-state index contributed by atoms with van der Waals surface area (Å²) in [6.45, 7) is 6.09. The molecule has 4 aliphatic heterocycles. The topological polar surface area (TPSA) is 106 Å². The molecule has 5 heterocycles. The molecule has 3 fully saturated rings. The first kappa shape index (κ1) is 27.1. The lowest BCUT2D eigenvalue weighted by Crippen LogP contribution is -2.54. The Labute approximate surface area is 235 Å². The summed E-state index contributed by atoms with van der Waals surface area (Å²) in [7, 11) is 1.74. The van der Waals surface area contributed by atoms with Crippen molar-refractivity contribution in [2.75, 3.05) is 51.4 Å². The van der Waals surface area contributed by atoms with Gasteiger partial charge in [0.05, 0.1) is 24.7 Å². The highest BCUT2D eigenvalue weighted by atomic mass is 16.5. The molecular weight excluding hydrogens is 510 g/mol. The summed E-state index contributed by atoms with van der Waals surface area (Å²) in [5.74, 6) is 1.58. The fourth-order valence-corrected chi connectivity index (χ4v) is 6.66. The van der Waals surface area contributed by atoms with Crippen molar-refractivity contribution in [3.8, 4) is 5.75 Å². The molecule has 3 saturated heterocycles. The Morgan fingerprint density at radius 3 is 2.65 bits per heavy atom. The standard InChI is InChI=1S/C30H39N5O5/c1-20-27(29(37)35-12-7-21(8-13-35)33-23-9-16-39-18-26(23)38-2)31-19-32-28(20)34-14-10-30(11-15-34)17-24(36)22-5-3-4-6-25(22)40-30/h3-6,19,21,23,26,33H,7-18H2,1-2H3. The van der Waals surface area contributed by atoms with Gasteiger partial charge in [-0.3, -0.25) is 9.59 Å². The summed E-state index contributed by atoms with van der Waals surface area (Å²) in [5, 5.41) is 3.75. The van der Waals surface area contributed by atoms with E-state index in [4.69, 9.17) is 14.2 Å². The number of nitrogens with one attached hydrogen (secondary N) is 1. The lowest BCUT2D eigenvalue weighted by atomic mass is 9.82. The van der Waals surface area contributed by atoms with Crippen molar-refractivity contribution in [2.24, 2.45) is 0 Å². The molecule has 0 saturated carbocycles. The molecular formula is C30H39N5O5. The van der Waals surface area contributed by atoms with Crippen LogP contribution in [0.4, 0.5) is 5.82 Å². The summed E-state index contributed by atoms with van der Waals surface area (Å²) in [6.07, 6.45) is 6.14. The number of carbonyl (C=O) groups is 2. The zero-order valence-electron chi connectivity index (χ0n) is 23.4. The molecule has 40 heavy (non-hydrogen) atoms. The molecule has 0 aliphatic carbocycles. The SMILES string of the molecule is COC1COCCC1NC1CCN(C(=O)c2ncnc(N3CCC4(CC3)CC(=O)c3ccccc3O4)c2C)CC1. The molecule has 2 atom stereocenters. The molecule has 0 bridgehead atoms. The molecule has 1 spiro atoms. The van der Waals surface area contributed by atoms with Crippen molar-refractivity contribution in [3.05, 3.63) is 47.4 Å². The number of methoxy groups -OCH3 is 1. The van der Waals surface area contributed by atoms with Crippen molar-refractivity contribution in [1.82, 2.24) is 20.2 Å². The molecule has 0 radical (unpaired) electrons. The maximum absolute atomic E-state index is 13.5. The second-order valence-corrected chi connectivity index (χ2v) is 11.5. The molecule has 1 aromatic carbocycles. The molecule has 1 aromatic heterocycles. The van der Waals surface area contributed by atoms with Crippen LogP contribution in [0, 0.1) is 6.92 Å². The Hall–Kier alpha value is -3.08. The molecule has 1 N–H and O–H groups in total. The van der Waals surface area contributed by atoms with Gasteiger partial charge in [-0.2, -0.15) is 0 Å². The van der Waals surface area contributed by atoms with E-state index in [0.29, 0.717) is 62.3 Å². The van der Waals surface area contributed by atoms with Crippen LogP contribution in [0.5, 0.6) is 5.75 Å². The van der Waals surface area contributed by atoms with Crippen molar-refractivity contribution in [2.45, 2.75) is 69.2 Å². The Morgan fingerprint density at radius 2 is 1.88 bits per heavy atom. The minimum absolute atomic E-state index is 0.0354. The van der Waals surface area contributed by atoms with Gasteiger partial charge in [-0.1, -0.05) is 12.1 Å². The van der Waals surface area contributed by atoms with Gasteiger partial charge in [0.2, 0.25) is 0 Å². The third-order valence-electron chi connectivity index (χ3n) is 9.07. The Balaban J connectivity index is 1.07. The van der Waals surface area contributed by atoms with Gasteiger partial charge in [0, 0.05) is 70.4 Å². The van der Waals surface area contributed by atoms with E-state index in [1.807, 2.05) is 36.1 Å². The minimum atomic E-state index is -0.478. The zero-order chi connectivity index (χ0) is 27.7. The average Bonchev–Trinajstić information content (AvgIpc) is 2.98. The number of hydrogen-bond donors (Lipinski definition) is 1. The summed E-state index contributed by atoms with van der Waals surface area (Å²) >= 11 is 0. The van der Waals surface area contributed by atoms with Crippen LogP contribution < -0.4 is 15.0 Å². The molecule has 4 aliphatic rings. The number of carbonyl (C=O) groups excluding carboxylic acids is 2. The number of benzene rings is 1. The number of ether oxygens (including phenoxy) is 3. The number of anilines is 1. The van der Waals surface area contributed by atoms with Gasteiger partial charge >= 0.3 is 0 Å². The maximum atomic E-state index is 13.5. The van der Waals surface area contributed by atoms with E-state index in [2.05, 4.69) is 20.2 Å². The van der Waals surface area contributed by atoms with Gasteiger partial charge in [0.15, 0.2) is 5.78 Å². The zero-order valence-corrected chi connectivity index (χ0v) is 23.4. The first-order valence-corrected chi connectivity index (χ1v) is 14.5. The molecule has 214 valence electrons. The van der Waals surface area contributed by atoms with Crippen LogP contribution in [-0.4, -0.2) is 96.8 Å². The molecule has 2 unspecified atom stereocenters. The molecule has 10 heteroatoms. The van der Waals surface area contributed by atoms with E-state index < -0.39 is 5.60 Å². The number of hydrogen-bond acceptors (Lipinski definition) is 9. The van der Waals surface area contributed by atoms with Gasteiger partial charge < -0.3 is 29.3 Å². The van der Waals surface area contributed by atoms with Gasteiger partial charge in [0.1, 0.15) is 29.2 Å². The van der Waals surface area contributed by atoms with Crippen LogP contribution in [0.2, 0.25) is 0 Å². The Kier molecular flexibility index (Phi) is 7.74. The van der Waals surface area contributed by atoms with Crippen LogP contribution in [0.3, 0.4) is 0 Å². The molecule has 1 amide bonds. The van der Waals surface area contributed by atoms with E-state index in [1.165, 1.54) is 6.33 Å². The first-order valence-electron chi connectivity index (χ1n) is 14.5. The largest absolute Gasteiger partial charge is 0.486 e. The fraction of sp³-hybridized carbons (Fsp3) is 0.600. The number of likely N-dealkylation sites (tertiary alicyclic amines) is 1. The summed E-state index contributed by atoms with van der Waals surface area (Å²) < 4.78 is 17.5. The monoisotopic (exact) mass is 549 g/mol. The van der Waals surface area contributed by atoms with Crippen LogP contribution in [0.25, 0.3) is 0 Å². The third kappa shape index (κ3) is 5.32. The minimum Gasteiger partial charge on any atom is -0.486 e. The van der Waals surface area contributed by atoms with Gasteiger partial charge in [-0.25, -0.2) is 9.97 Å². The van der Waals surface area contributed by atoms with Gasteiger partial charge in [-0.05, 0) is 38.3 Å². The normalized spacial score (nSPS) is 25.0. The molecule has 2 aromatic rings. The quantitative estimate of drug-likeness (QED) is 0.603. The van der Waals surface area contributed by atoms with E-state index in [0.717, 1.165) is 50.1 Å². The number of para-hydroxylation sites is 1. The number of amides is 1. The van der Waals surface area contributed by atoms with Crippen molar-refractivity contribution < 1.29 is 23.8 Å². The smallest absolute Gasteiger partial charge is 0.272 e. The van der Waals surface area contributed by atoms with E-state index in [-0.39, 0.29) is 23.8 Å². The highest BCUT2D eigenvalue weighted by molar-refractivity contribution is 6.00. The highest BCUT2D eigenvalue weighted by Gasteiger charge is 2.43. The number of Topliss-reactive ketones (excluding diaryl/α,β-unsaturated/α-hetero) is 1. The van der Waals surface area contributed by atoms with E-state index in [1.54, 1.807) is 7.11 Å². The number of fused-ring (bicyclic) bond motifs is 1. The predicted molar refractivity (Wildman–Crippen MR) is 149 cm³/mol. The average molecular weight is 550 g/mol. The van der Waals surface area contributed by atoms with Crippen LogP contribution >= 0.6 is 0 Å². The summed E-state index contributed by atoms with van der Waals surface area (Å²) in [4.78, 5) is 39.5.